The summed E-state index contributed by atoms with van der Waals surface area (Å²) in [5.74, 6) is 0.549. The number of fused-ring (bicyclic) bond motifs is 2. The van der Waals surface area contributed by atoms with E-state index in [0.29, 0.717) is 11.9 Å². The quantitative estimate of drug-likeness (QED) is 0.563. The Morgan fingerprint density at radius 3 is 2.93 bits per heavy atom. The maximum absolute atomic E-state index is 13.5. The van der Waals surface area contributed by atoms with Gasteiger partial charge in [-0.05, 0) is 47.4 Å². The minimum Gasteiger partial charge on any atom is -0.340 e. The molecular formula is C23H20FN3O. The van der Waals surface area contributed by atoms with Crippen LogP contribution >= 0.6 is 0 Å². The Balaban J connectivity index is 1.43. The van der Waals surface area contributed by atoms with Gasteiger partial charge < -0.3 is 9.88 Å². The summed E-state index contributed by atoms with van der Waals surface area (Å²) in [6.07, 6.45) is 2.17. The van der Waals surface area contributed by atoms with Gasteiger partial charge in [-0.2, -0.15) is 0 Å². The van der Waals surface area contributed by atoms with Crippen molar-refractivity contribution < 1.29 is 9.18 Å². The van der Waals surface area contributed by atoms with Crippen molar-refractivity contribution in [3.63, 3.8) is 0 Å². The molecule has 140 valence electrons. The third-order valence-corrected chi connectivity index (χ3v) is 5.57. The lowest BCUT2D eigenvalue weighted by atomic mass is 10.0. The summed E-state index contributed by atoms with van der Waals surface area (Å²) >= 11 is 0. The van der Waals surface area contributed by atoms with E-state index >= 15 is 0 Å². The van der Waals surface area contributed by atoms with Gasteiger partial charge in [0.2, 0.25) is 5.91 Å². The Labute approximate surface area is 162 Å². The molecule has 0 aliphatic carbocycles. The summed E-state index contributed by atoms with van der Waals surface area (Å²) in [6.45, 7) is 0.722. The molecule has 0 bridgehead atoms. The molecular weight excluding hydrogens is 353 g/mol. The van der Waals surface area contributed by atoms with Crippen molar-refractivity contribution >= 4 is 27.7 Å². The fourth-order valence-electron chi connectivity index (χ4n) is 4.22. The van der Waals surface area contributed by atoms with Crippen LogP contribution in [0.25, 0.3) is 21.8 Å². The van der Waals surface area contributed by atoms with Crippen molar-refractivity contribution in [1.82, 2.24) is 14.9 Å². The first kappa shape index (κ1) is 16.9. The summed E-state index contributed by atoms with van der Waals surface area (Å²) in [5, 5.41) is 2.26. The number of carbonyl (C=O) groups excluding carboxylic acids is 1. The molecule has 1 amide bonds. The van der Waals surface area contributed by atoms with Crippen molar-refractivity contribution in [1.29, 1.82) is 0 Å². The van der Waals surface area contributed by atoms with Gasteiger partial charge in [-0.1, -0.05) is 42.5 Å². The fourth-order valence-corrected chi connectivity index (χ4v) is 4.22. The first-order chi connectivity index (χ1) is 13.7. The second-order valence-corrected chi connectivity index (χ2v) is 7.34. The third-order valence-electron chi connectivity index (χ3n) is 5.57. The molecule has 1 aliphatic rings. The van der Waals surface area contributed by atoms with Gasteiger partial charge in [0.05, 0.1) is 23.5 Å². The minimum atomic E-state index is -0.294. The average Bonchev–Trinajstić information content (AvgIpc) is 3.34. The molecule has 1 saturated heterocycles. The topological polar surface area (TPSA) is 49.0 Å². The Hall–Kier alpha value is -3.21. The van der Waals surface area contributed by atoms with Crippen LogP contribution in [0.3, 0.4) is 0 Å². The number of imidazole rings is 1. The first-order valence-corrected chi connectivity index (χ1v) is 9.60. The van der Waals surface area contributed by atoms with E-state index in [9.17, 15) is 9.18 Å². The number of aromatic amines is 1. The van der Waals surface area contributed by atoms with Crippen LogP contribution in [0, 0.1) is 5.82 Å². The molecule has 0 spiro atoms. The molecule has 1 atom stereocenters. The molecule has 3 aromatic carbocycles. The highest BCUT2D eigenvalue weighted by molar-refractivity contribution is 5.90. The molecule has 5 heteroatoms. The van der Waals surface area contributed by atoms with E-state index in [1.165, 1.54) is 12.1 Å². The lowest BCUT2D eigenvalue weighted by Gasteiger charge is -2.23. The predicted octanol–water partition coefficient (Wildman–Crippen LogP) is 4.76. The van der Waals surface area contributed by atoms with Crippen molar-refractivity contribution in [3.8, 4) is 0 Å². The molecule has 1 fully saturated rings. The van der Waals surface area contributed by atoms with Crippen LogP contribution in [0.15, 0.2) is 60.7 Å². The summed E-state index contributed by atoms with van der Waals surface area (Å²) in [4.78, 5) is 22.9. The number of likely N-dealkylation sites (tertiary alicyclic amines) is 1. The molecule has 1 aliphatic heterocycles. The van der Waals surface area contributed by atoms with Gasteiger partial charge in [-0.15, -0.1) is 0 Å². The van der Waals surface area contributed by atoms with Gasteiger partial charge in [-0.25, -0.2) is 9.37 Å². The summed E-state index contributed by atoms with van der Waals surface area (Å²) in [6, 6.07) is 18.7. The number of halogens is 1. The number of H-pyrrole nitrogens is 1. The van der Waals surface area contributed by atoms with E-state index in [2.05, 4.69) is 28.2 Å². The number of hydrogen-bond donors (Lipinski definition) is 1. The van der Waals surface area contributed by atoms with E-state index in [1.807, 2.05) is 29.2 Å². The number of carbonyl (C=O) groups is 1. The third kappa shape index (κ3) is 2.93. The number of nitrogens with one attached hydrogen (secondary N) is 1. The van der Waals surface area contributed by atoms with Crippen LogP contribution in [0.4, 0.5) is 4.39 Å². The number of nitrogens with zero attached hydrogens (tertiary/aromatic N) is 2. The molecule has 4 aromatic rings. The SMILES string of the molecule is O=C(Cc1cccc2ccccc12)N1CCCC1c1nc2ccc(F)cc2[nH]1. The highest BCUT2D eigenvalue weighted by atomic mass is 19.1. The molecule has 1 N–H and O–H groups in total. The normalized spacial score (nSPS) is 16.9. The second kappa shape index (κ2) is 6.75. The van der Waals surface area contributed by atoms with Crippen LogP contribution in [0.5, 0.6) is 0 Å². The van der Waals surface area contributed by atoms with E-state index < -0.39 is 0 Å². The molecule has 0 saturated carbocycles. The van der Waals surface area contributed by atoms with Gasteiger partial charge in [0.15, 0.2) is 0 Å². The van der Waals surface area contributed by atoms with E-state index in [4.69, 9.17) is 0 Å². The molecule has 28 heavy (non-hydrogen) atoms. The molecule has 2 heterocycles. The zero-order valence-electron chi connectivity index (χ0n) is 15.4. The highest BCUT2D eigenvalue weighted by Crippen LogP contribution is 2.32. The first-order valence-electron chi connectivity index (χ1n) is 9.60. The molecule has 0 radical (unpaired) electrons. The van der Waals surface area contributed by atoms with Crippen LogP contribution in [0.2, 0.25) is 0 Å². The fraction of sp³-hybridized carbons (Fsp3) is 0.217. The van der Waals surface area contributed by atoms with E-state index in [0.717, 1.165) is 47.1 Å². The summed E-state index contributed by atoms with van der Waals surface area (Å²) < 4.78 is 13.5. The van der Waals surface area contributed by atoms with Gasteiger partial charge >= 0.3 is 0 Å². The lowest BCUT2D eigenvalue weighted by Crippen LogP contribution is -2.32. The van der Waals surface area contributed by atoms with Crippen molar-refractivity contribution in [2.24, 2.45) is 0 Å². The number of hydrogen-bond acceptors (Lipinski definition) is 2. The van der Waals surface area contributed by atoms with Crippen molar-refractivity contribution in [3.05, 3.63) is 77.9 Å². The standard InChI is InChI=1S/C23H20FN3O/c24-17-10-11-19-20(14-17)26-23(25-19)21-9-4-12-27(21)22(28)13-16-7-3-6-15-5-1-2-8-18(15)16/h1-3,5-8,10-11,14,21H,4,9,12-13H2,(H,25,26). The zero-order valence-corrected chi connectivity index (χ0v) is 15.4. The Morgan fingerprint density at radius 2 is 2.00 bits per heavy atom. The summed E-state index contributed by atoms with van der Waals surface area (Å²) in [5.41, 5.74) is 2.44. The smallest absolute Gasteiger partial charge is 0.227 e. The molecule has 1 aromatic heterocycles. The Morgan fingerprint density at radius 1 is 1.14 bits per heavy atom. The van der Waals surface area contributed by atoms with Crippen LogP contribution in [-0.2, 0) is 11.2 Å². The van der Waals surface area contributed by atoms with Gasteiger partial charge in [-0.3, -0.25) is 4.79 Å². The average molecular weight is 373 g/mol. The van der Waals surface area contributed by atoms with Crippen LogP contribution in [-0.4, -0.2) is 27.3 Å². The van der Waals surface area contributed by atoms with Crippen LogP contribution < -0.4 is 0 Å². The highest BCUT2D eigenvalue weighted by Gasteiger charge is 2.32. The number of aromatic nitrogens is 2. The Bertz CT molecular complexity index is 1180. The summed E-state index contributed by atoms with van der Waals surface area (Å²) in [7, 11) is 0. The minimum absolute atomic E-state index is 0.0852. The second-order valence-electron chi connectivity index (χ2n) is 7.34. The predicted molar refractivity (Wildman–Crippen MR) is 107 cm³/mol. The van der Waals surface area contributed by atoms with Gasteiger partial charge in [0.1, 0.15) is 11.6 Å². The number of rotatable bonds is 3. The van der Waals surface area contributed by atoms with Crippen LogP contribution in [0.1, 0.15) is 30.3 Å². The van der Waals surface area contributed by atoms with Gasteiger partial charge in [0.25, 0.3) is 0 Å². The van der Waals surface area contributed by atoms with E-state index in [-0.39, 0.29) is 17.8 Å². The molecule has 5 rings (SSSR count). The van der Waals surface area contributed by atoms with Crippen molar-refractivity contribution in [2.45, 2.75) is 25.3 Å². The van der Waals surface area contributed by atoms with Crippen molar-refractivity contribution in [2.75, 3.05) is 6.54 Å². The van der Waals surface area contributed by atoms with E-state index in [1.54, 1.807) is 6.07 Å². The maximum atomic E-state index is 13.5. The molecule has 1 unspecified atom stereocenters. The number of amides is 1. The lowest BCUT2D eigenvalue weighted by molar-refractivity contribution is -0.131. The number of benzene rings is 3. The maximum Gasteiger partial charge on any atom is 0.227 e. The Kier molecular flexibility index (Phi) is 4.08. The monoisotopic (exact) mass is 373 g/mol. The molecule has 4 nitrogen and oxygen atoms in total. The largest absolute Gasteiger partial charge is 0.340 e. The zero-order chi connectivity index (χ0) is 19.1. The van der Waals surface area contributed by atoms with Gasteiger partial charge in [0, 0.05) is 6.54 Å².